The number of rotatable bonds is 5. The lowest BCUT2D eigenvalue weighted by molar-refractivity contribution is -0.128. The number of anilines is 2. The van der Waals surface area contributed by atoms with Crippen molar-refractivity contribution in [3.63, 3.8) is 0 Å². The first-order chi connectivity index (χ1) is 14.0. The van der Waals surface area contributed by atoms with Crippen LogP contribution in [0.2, 0.25) is 0 Å². The molecule has 1 aliphatic rings. The predicted octanol–water partition coefficient (Wildman–Crippen LogP) is 3.98. The number of nitrogens with one attached hydrogen (secondary N) is 1. The van der Waals surface area contributed by atoms with E-state index in [9.17, 15) is 14.4 Å². The summed E-state index contributed by atoms with van der Waals surface area (Å²) in [6.45, 7) is -0.435. The third-order valence-corrected chi connectivity index (χ3v) is 5.60. The first-order valence-corrected chi connectivity index (χ1v) is 10.4. The lowest BCUT2D eigenvalue weighted by Gasteiger charge is -2.16. The summed E-state index contributed by atoms with van der Waals surface area (Å²) in [4.78, 5) is 43.9. The maximum atomic E-state index is 12.6. The number of amides is 4. The van der Waals surface area contributed by atoms with Crippen LogP contribution in [0.1, 0.15) is 0 Å². The lowest BCUT2D eigenvalue weighted by Crippen LogP contribution is -2.39. The molecule has 1 aliphatic heterocycles. The van der Waals surface area contributed by atoms with Gasteiger partial charge in [0.1, 0.15) is 13.1 Å². The van der Waals surface area contributed by atoms with E-state index in [0.717, 1.165) is 20.6 Å². The highest BCUT2D eigenvalue weighted by Gasteiger charge is 2.37. The number of benzene rings is 2. The number of thiazole rings is 1. The number of halogens is 1. The van der Waals surface area contributed by atoms with Gasteiger partial charge in [0.05, 0.1) is 5.69 Å². The van der Waals surface area contributed by atoms with E-state index in [1.54, 1.807) is 24.3 Å². The number of hydrogen-bond acceptors (Lipinski definition) is 5. The minimum atomic E-state index is -0.508. The molecule has 2 heterocycles. The second kappa shape index (κ2) is 8.14. The number of para-hydroxylation sites is 1. The average Bonchev–Trinajstić information content (AvgIpc) is 3.29. The van der Waals surface area contributed by atoms with Gasteiger partial charge in [-0.15, -0.1) is 11.3 Å². The van der Waals surface area contributed by atoms with Crippen molar-refractivity contribution in [3.8, 4) is 11.3 Å². The second-order valence-corrected chi connectivity index (χ2v) is 8.05. The number of hydrogen-bond donors (Lipinski definition) is 1. The molecule has 7 nitrogen and oxygen atoms in total. The van der Waals surface area contributed by atoms with Crippen LogP contribution in [0.3, 0.4) is 0 Å². The molecule has 4 amide bonds. The molecule has 1 aromatic heterocycles. The summed E-state index contributed by atoms with van der Waals surface area (Å²) < 4.78 is 0.967. The van der Waals surface area contributed by atoms with E-state index in [4.69, 9.17) is 0 Å². The zero-order chi connectivity index (χ0) is 20.4. The third-order valence-electron chi connectivity index (χ3n) is 4.32. The molecule has 0 spiro atoms. The third kappa shape index (κ3) is 4.20. The number of carbonyl (C=O) groups is 3. The van der Waals surface area contributed by atoms with E-state index in [1.165, 1.54) is 16.2 Å². The zero-order valence-electron chi connectivity index (χ0n) is 15.0. The monoisotopic (exact) mass is 470 g/mol. The largest absolute Gasteiger partial charge is 0.332 e. The Kier molecular flexibility index (Phi) is 5.41. The van der Waals surface area contributed by atoms with Crippen LogP contribution in [-0.4, -0.2) is 40.8 Å². The molecule has 146 valence electrons. The molecular weight excluding hydrogens is 456 g/mol. The predicted molar refractivity (Wildman–Crippen MR) is 115 cm³/mol. The molecule has 2 aromatic carbocycles. The van der Waals surface area contributed by atoms with Gasteiger partial charge < -0.3 is 5.32 Å². The highest BCUT2D eigenvalue weighted by Crippen LogP contribution is 2.26. The van der Waals surface area contributed by atoms with Crippen LogP contribution in [0.4, 0.5) is 15.6 Å². The molecule has 0 saturated carbocycles. The van der Waals surface area contributed by atoms with Gasteiger partial charge in [-0.05, 0) is 24.3 Å². The van der Waals surface area contributed by atoms with Gasteiger partial charge in [0.25, 0.3) is 5.91 Å². The Labute approximate surface area is 179 Å². The summed E-state index contributed by atoms with van der Waals surface area (Å²) in [7, 11) is 0. The van der Waals surface area contributed by atoms with E-state index in [-0.39, 0.29) is 13.1 Å². The number of nitrogens with zero attached hydrogens (tertiary/aromatic N) is 3. The topological polar surface area (TPSA) is 82.6 Å². The number of urea groups is 1. The molecule has 0 radical (unpaired) electrons. The molecule has 4 rings (SSSR count). The summed E-state index contributed by atoms with van der Waals surface area (Å²) in [6.07, 6.45) is 0. The van der Waals surface area contributed by atoms with Gasteiger partial charge in [-0.25, -0.2) is 9.78 Å². The minimum absolute atomic E-state index is 0.0822. The van der Waals surface area contributed by atoms with Crippen LogP contribution in [0.15, 0.2) is 64.5 Å². The van der Waals surface area contributed by atoms with Gasteiger partial charge in [0.2, 0.25) is 5.91 Å². The fourth-order valence-corrected chi connectivity index (χ4v) is 3.89. The molecular formula is C20H15BrN4O3S. The quantitative estimate of drug-likeness (QED) is 0.571. The summed E-state index contributed by atoms with van der Waals surface area (Å²) in [6, 6.07) is 16.0. The Hall–Kier alpha value is -3.04. The fourth-order valence-electron chi connectivity index (χ4n) is 2.89. The molecule has 9 heteroatoms. The van der Waals surface area contributed by atoms with Crippen LogP contribution in [0.25, 0.3) is 11.3 Å². The van der Waals surface area contributed by atoms with Crippen LogP contribution in [0.5, 0.6) is 0 Å². The Morgan fingerprint density at radius 1 is 1.10 bits per heavy atom. The Balaban J connectivity index is 1.40. The molecule has 29 heavy (non-hydrogen) atoms. The van der Waals surface area contributed by atoms with E-state index < -0.39 is 17.8 Å². The summed E-state index contributed by atoms with van der Waals surface area (Å²) in [5, 5.41) is 4.91. The molecule has 0 unspecified atom stereocenters. The Morgan fingerprint density at radius 2 is 1.83 bits per heavy atom. The highest BCUT2D eigenvalue weighted by atomic mass is 79.9. The van der Waals surface area contributed by atoms with Crippen molar-refractivity contribution in [1.29, 1.82) is 0 Å². The van der Waals surface area contributed by atoms with Crippen LogP contribution in [-0.2, 0) is 9.59 Å². The first kappa shape index (κ1) is 19.3. The summed E-state index contributed by atoms with van der Waals surface area (Å²) >= 11 is 4.67. The van der Waals surface area contributed by atoms with Crippen molar-refractivity contribution in [2.45, 2.75) is 0 Å². The summed E-state index contributed by atoms with van der Waals surface area (Å²) in [5.41, 5.74) is 2.28. The normalized spacial score (nSPS) is 13.8. The number of imide groups is 1. The minimum Gasteiger partial charge on any atom is -0.300 e. The number of carbonyl (C=O) groups excluding carboxylic acids is 3. The van der Waals surface area contributed by atoms with E-state index in [2.05, 4.69) is 26.2 Å². The standard InChI is InChI=1S/C20H15BrN4O3S/c21-14-8-6-13(7-9-14)16-12-29-19(22-16)23-17(26)10-25-18(27)11-24(20(25)28)15-4-2-1-3-5-15/h1-9,12H,10-11H2,(H,22,23,26). The molecule has 0 aliphatic carbocycles. The van der Waals surface area contributed by atoms with Gasteiger partial charge >= 0.3 is 6.03 Å². The smallest absolute Gasteiger partial charge is 0.300 e. The van der Waals surface area contributed by atoms with E-state index in [0.29, 0.717) is 10.8 Å². The molecule has 1 N–H and O–H groups in total. The average molecular weight is 471 g/mol. The van der Waals surface area contributed by atoms with Gasteiger partial charge in [0, 0.05) is 21.1 Å². The van der Waals surface area contributed by atoms with Gasteiger partial charge in [-0.3, -0.25) is 19.4 Å². The van der Waals surface area contributed by atoms with Crippen molar-refractivity contribution in [2.24, 2.45) is 0 Å². The van der Waals surface area contributed by atoms with E-state index in [1.807, 2.05) is 35.7 Å². The maximum absolute atomic E-state index is 12.6. The zero-order valence-corrected chi connectivity index (χ0v) is 17.4. The molecule has 0 atom stereocenters. The first-order valence-electron chi connectivity index (χ1n) is 8.69. The van der Waals surface area contributed by atoms with Crippen molar-refractivity contribution >= 4 is 55.9 Å². The van der Waals surface area contributed by atoms with Gasteiger partial charge in [-0.2, -0.15) is 0 Å². The SMILES string of the molecule is O=C(CN1C(=O)CN(c2ccccc2)C1=O)Nc1nc(-c2ccc(Br)cc2)cs1. The summed E-state index contributed by atoms with van der Waals surface area (Å²) in [5.74, 6) is -0.887. The Morgan fingerprint density at radius 3 is 2.55 bits per heavy atom. The van der Waals surface area contributed by atoms with Crippen LogP contribution in [0, 0.1) is 0 Å². The fraction of sp³-hybridized carbons (Fsp3) is 0.100. The second-order valence-electron chi connectivity index (χ2n) is 6.28. The van der Waals surface area contributed by atoms with Crippen molar-refractivity contribution in [3.05, 3.63) is 64.5 Å². The maximum Gasteiger partial charge on any atom is 0.332 e. The molecule has 1 saturated heterocycles. The van der Waals surface area contributed by atoms with Crippen molar-refractivity contribution in [1.82, 2.24) is 9.88 Å². The van der Waals surface area contributed by atoms with Crippen LogP contribution < -0.4 is 10.2 Å². The highest BCUT2D eigenvalue weighted by molar-refractivity contribution is 9.10. The molecule has 1 fully saturated rings. The van der Waals surface area contributed by atoms with Crippen molar-refractivity contribution in [2.75, 3.05) is 23.3 Å². The van der Waals surface area contributed by atoms with Gasteiger partial charge in [0.15, 0.2) is 5.13 Å². The van der Waals surface area contributed by atoms with Crippen LogP contribution >= 0.6 is 27.3 Å². The van der Waals surface area contributed by atoms with Gasteiger partial charge in [-0.1, -0.05) is 46.3 Å². The van der Waals surface area contributed by atoms with E-state index >= 15 is 0 Å². The number of aromatic nitrogens is 1. The molecule has 3 aromatic rings. The lowest BCUT2D eigenvalue weighted by atomic mass is 10.2. The van der Waals surface area contributed by atoms with Crippen molar-refractivity contribution < 1.29 is 14.4 Å². The molecule has 0 bridgehead atoms. The Bertz CT molecular complexity index is 1070.